The molecule has 0 atom stereocenters. The second-order valence-corrected chi connectivity index (χ2v) is 4.76. The maximum atomic E-state index is 11.7. The number of ether oxygens (including phenoxy) is 2. The van der Waals surface area contributed by atoms with Gasteiger partial charge in [0, 0.05) is 14.1 Å². The Kier molecular flexibility index (Phi) is 6.95. The van der Waals surface area contributed by atoms with Gasteiger partial charge in [0.05, 0.1) is 13.7 Å². The summed E-state index contributed by atoms with van der Waals surface area (Å²) in [6, 6.07) is 5.43. The van der Waals surface area contributed by atoms with Crippen molar-refractivity contribution in [2.45, 2.75) is 6.92 Å². The van der Waals surface area contributed by atoms with E-state index in [4.69, 9.17) is 9.47 Å². The molecule has 0 unspecified atom stereocenters. The SMILES string of the molecule is C/C=C/c1ccc(OCC(=O)NCC(=O)N(C)C)c(OC)c1. The van der Waals surface area contributed by atoms with Crippen LogP contribution in [0.5, 0.6) is 11.5 Å². The first-order valence-electron chi connectivity index (χ1n) is 6.88. The first kappa shape index (κ1) is 17.6. The van der Waals surface area contributed by atoms with Crippen molar-refractivity contribution in [3.8, 4) is 11.5 Å². The monoisotopic (exact) mass is 306 g/mol. The fourth-order valence-electron chi connectivity index (χ4n) is 1.63. The summed E-state index contributed by atoms with van der Waals surface area (Å²) in [6.07, 6.45) is 3.86. The van der Waals surface area contributed by atoms with Crippen LogP contribution in [0.25, 0.3) is 6.08 Å². The lowest BCUT2D eigenvalue weighted by Crippen LogP contribution is -2.38. The van der Waals surface area contributed by atoms with Crippen molar-refractivity contribution in [3.05, 3.63) is 29.8 Å². The molecule has 1 N–H and O–H groups in total. The van der Waals surface area contributed by atoms with E-state index in [-0.39, 0.29) is 25.0 Å². The molecule has 0 spiro atoms. The molecule has 0 fully saturated rings. The summed E-state index contributed by atoms with van der Waals surface area (Å²) in [5, 5.41) is 2.50. The zero-order chi connectivity index (χ0) is 16.5. The van der Waals surface area contributed by atoms with Crippen molar-refractivity contribution in [1.29, 1.82) is 0 Å². The van der Waals surface area contributed by atoms with Crippen molar-refractivity contribution in [2.75, 3.05) is 34.4 Å². The maximum Gasteiger partial charge on any atom is 0.258 e. The van der Waals surface area contributed by atoms with Crippen molar-refractivity contribution in [3.63, 3.8) is 0 Å². The van der Waals surface area contributed by atoms with Gasteiger partial charge in [-0.15, -0.1) is 0 Å². The zero-order valence-electron chi connectivity index (χ0n) is 13.4. The summed E-state index contributed by atoms with van der Waals surface area (Å²) in [5.74, 6) is 0.481. The average Bonchev–Trinajstić information content (AvgIpc) is 2.51. The van der Waals surface area contributed by atoms with Crippen LogP contribution in [-0.2, 0) is 9.59 Å². The standard InChI is InChI=1S/C16H22N2O4/c1-5-6-12-7-8-13(14(9-12)21-4)22-11-15(19)17-10-16(20)18(2)3/h5-9H,10-11H2,1-4H3,(H,17,19)/b6-5+. The average molecular weight is 306 g/mol. The molecule has 22 heavy (non-hydrogen) atoms. The fourth-order valence-corrected chi connectivity index (χ4v) is 1.63. The Hall–Kier alpha value is -2.50. The largest absolute Gasteiger partial charge is 0.493 e. The van der Waals surface area contributed by atoms with Gasteiger partial charge in [0.15, 0.2) is 18.1 Å². The number of nitrogens with zero attached hydrogens (tertiary/aromatic N) is 1. The van der Waals surface area contributed by atoms with Crippen molar-refractivity contribution < 1.29 is 19.1 Å². The second-order valence-electron chi connectivity index (χ2n) is 4.76. The highest BCUT2D eigenvalue weighted by atomic mass is 16.5. The minimum Gasteiger partial charge on any atom is -0.493 e. The lowest BCUT2D eigenvalue weighted by Gasteiger charge is -2.13. The van der Waals surface area contributed by atoms with Gasteiger partial charge in [0.1, 0.15) is 0 Å². The van der Waals surface area contributed by atoms with Gasteiger partial charge in [-0.25, -0.2) is 0 Å². The third-order valence-electron chi connectivity index (χ3n) is 2.84. The summed E-state index contributed by atoms with van der Waals surface area (Å²) < 4.78 is 10.7. The van der Waals surface area contributed by atoms with Crippen molar-refractivity contribution in [2.24, 2.45) is 0 Å². The predicted molar refractivity (Wildman–Crippen MR) is 84.9 cm³/mol. The highest BCUT2D eigenvalue weighted by Crippen LogP contribution is 2.28. The Balaban J connectivity index is 2.56. The first-order valence-corrected chi connectivity index (χ1v) is 6.88. The van der Waals surface area contributed by atoms with Crippen LogP contribution in [0.2, 0.25) is 0 Å². The highest BCUT2D eigenvalue weighted by molar-refractivity contribution is 5.85. The normalized spacial score (nSPS) is 10.4. The van der Waals surface area contributed by atoms with Gasteiger partial charge in [0.2, 0.25) is 5.91 Å². The number of allylic oxidation sites excluding steroid dienone is 1. The number of hydrogen-bond acceptors (Lipinski definition) is 4. The Morgan fingerprint density at radius 2 is 2.00 bits per heavy atom. The fraction of sp³-hybridized carbons (Fsp3) is 0.375. The Morgan fingerprint density at radius 1 is 1.27 bits per heavy atom. The van der Waals surface area contributed by atoms with E-state index in [0.717, 1.165) is 5.56 Å². The lowest BCUT2D eigenvalue weighted by atomic mass is 10.2. The summed E-state index contributed by atoms with van der Waals surface area (Å²) in [4.78, 5) is 24.4. The quantitative estimate of drug-likeness (QED) is 0.825. The van der Waals surface area contributed by atoms with Crippen molar-refractivity contribution >= 4 is 17.9 Å². The molecule has 0 aliphatic heterocycles. The Morgan fingerprint density at radius 3 is 2.59 bits per heavy atom. The number of carbonyl (C=O) groups is 2. The summed E-state index contributed by atoms with van der Waals surface area (Å²) in [5.41, 5.74) is 0.979. The van der Waals surface area contributed by atoms with Crippen LogP contribution < -0.4 is 14.8 Å². The van der Waals surface area contributed by atoms with E-state index in [2.05, 4.69) is 5.32 Å². The number of methoxy groups -OCH3 is 1. The zero-order valence-corrected chi connectivity index (χ0v) is 13.4. The molecule has 0 saturated heterocycles. The number of amides is 2. The summed E-state index contributed by atoms with van der Waals surface area (Å²) in [6.45, 7) is 1.70. The molecule has 1 aromatic carbocycles. The van der Waals surface area contributed by atoms with Crippen LogP contribution in [0.3, 0.4) is 0 Å². The van der Waals surface area contributed by atoms with E-state index in [1.165, 1.54) is 12.0 Å². The van der Waals surface area contributed by atoms with Crippen LogP contribution >= 0.6 is 0 Å². The number of benzene rings is 1. The Bertz CT molecular complexity index is 553. The molecule has 0 bridgehead atoms. The Labute approximate surface area is 130 Å². The van der Waals surface area contributed by atoms with Crippen LogP contribution in [0.15, 0.2) is 24.3 Å². The molecule has 0 aliphatic carbocycles. The molecule has 120 valence electrons. The molecular weight excluding hydrogens is 284 g/mol. The molecule has 0 radical (unpaired) electrons. The minimum absolute atomic E-state index is 0.0490. The summed E-state index contributed by atoms with van der Waals surface area (Å²) >= 11 is 0. The summed E-state index contributed by atoms with van der Waals surface area (Å²) in [7, 11) is 4.79. The van der Waals surface area contributed by atoms with Crippen LogP contribution in [-0.4, -0.2) is 51.1 Å². The number of hydrogen-bond donors (Lipinski definition) is 1. The van der Waals surface area contributed by atoms with Crippen LogP contribution in [0.1, 0.15) is 12.5 Å². The molecule has 0 saturated carbocycles. The van der Waals surface area contributed by atoms with Crippen LogP contribution in [0, 0.1) is 0 Å². The molecule has 6 heteroatoms. The number of carbonyl (C=O) groups excluding carboxylic acids is 2. The van der Waals surface area contributed by atoms with E-state index in [9.17, 15) is 9.59 Å². The van der Waals surface area contributed by atoms with E-state index < -0.39 is 0 Å². The predicted octanol–water partition coefficient (Wildman–Crippen LogP) is 1.31. The molecule has 1 rings (SSSR count). The van der Waals surface area contributed by atoms with Gasteiger partial charge in [-0.2, -0.15) is 0 Å². The van der Waals surface area contributed by atoms with E-state index in [1.807, 2.05) is 31.2 Å². The maximum absolute atomic E-state index is 11.7. The lowest BCUT2D eigenvalue weighted by molar-refractivity contribution is -0.131. The number of likely N-dealkylation sites (N-methyl/N-ethyl adjacent to an activating group) is 1. The third kappa shape index (κ3) is 5.47. The molecular formula is C16H22N2O4. The molecule has 0 heterocycles. The van der Waals surface area contributed by atoms with E-state index >= 15 is 0 Å². The van der Waals surface area contributed by atoms with Crippen molar-refractivity contribution in [1.82, 2.24) is 10.2 Å². The highest BCUT2D eigenvalue weighted by Gasteiger charge is 2.10. The topological polar surface area (TPSA) is 67.9 Å². The number of nitrogens with one attached hydrogen (secondary N) is 1. The van der Waals surface area contributed by atoms with Gasteiger partial charge in [-0.05, 0) is 24.6 Å². The van der Waals surface area contributed by atoms with Gasteiger partial charge in [-0.1, -0.05) is 18.2 Å². The molecule has 0 aromatic heterocycles. The van der Waals surface area contributed by atoms with Gasteiger partial charge >= 0.3 is 0 Å². The van der Waals surface area contributed by atoms with E-state index in [1.54, 1.807) is 20.2 Å². The molecule has 0 aliphatic rings. The first-order chi connectivity index (χ1) is 10.5. The molecule has 1 aromatic rings. The molecule has 6 nitrogen and oxygen atoms in total. The van der Waals surface area contributed by atoms with Gasteiger partial charge in [-0.3, -0.25) is 9.59 Å². The second kappa shape index (κ2) is 8.71. The third-order valence-corrected chi connectivity index (χ3v) is 2.84. The smallest absolute Gasteiger partial charge is 0.258 e. The van der Waals surface area contributed by atoms with Gasteiger partial charge < -0.3 is 19.7 Å². The molecule has 2 amide bonds. The van der Waals surface area contributed by atoms with Crippen LogP contribution in [0.4, 0.5) is 0 Å². The number of rotatable bonds is 7. The minimum atomic E-state index is -0.366. The van der Waals surface area contributed by atoms with E-state index in [0.29, 0.717) is 11.5 Å². The van der Waals surface area contributed by atoms with Gasteiger partial charge in [0.25, 0.3) is 5.91 Å².